The van der Waals surface area contributed by atoms with Gasteiger partial charge in [-0.1, -0.05) is 56.6 Å². The molecule has 2 rings (SSSR count). The highest BCUT2D eigenvalue weighted by Crippen LogP contribution is 2.27. The van der Waals surface area contributed by atoms with Gasteiger partial charge in [0.2, 0.25) is 0 Å². The molecule has 0 fully saturated rings. The highest BCUT2D eigenvalue weighted by molar-refractivity contribution is 6.32. The van der Waals surface area contributed by atoms with Crippen LogP contribution in [-0.4, -0.2) is 7.11 Å². The lowest BCUT2D eigenvalue weighted by Crippen LogP contribution is -2.11. The Morgan fingerprint density at radius 3 is 2.24 bits per heavy atom. The number of benzene rings is 2. The van der Waals surface area contributed by atoms with Gasteiger partial charge in [-0.25, -0.2) is 0 Å². The molecule has 2 nitrogen and oxygen atoms in total. The zero-order valence-electron chi connectivity index (χ0n) is 13.0. The first kappa shape index (κ1) is 15.7. The summed E-state index contributed by atoms with van der Waals surface area (Å²) in [6.45, 7) is 7.44. The van der Waals surface area contributed by atoms with E-state index in [1.165, 1.54) is 11.1 Å². The van der Waals surface area contributed by atoms with Crippen molar-refractivity contribution in [2.45, 2.75) is 32.7 Å². The minimum Gasteiger partial charge on any atom is -0.495 e. The standard InChI is InChI=1S/C18H22ClNO/c1-18(2,3)14-7-5-13(6-8-14)12-20-15-9-10-17(21-4)16(19)11-15/h5-11,20H,12H2,1-4H3. The summed E-state index contributed by atoms with van der Waals surface area (Å²) in [4.78, 5) is 0. The van der Waals surface area contributed by atoms with Crippen LogP contribution in [0.4, 0.5) is 5.69 Å². The van der Waals surface area contributed by atoms with Crippen LogP contribution in [0.5, 0.6) is 5.75 Å². The molecule has 112 valence electrons. The van der Waals surface area contributed by atoms with Crippen molar-refractivity contribution in [1.29, 1.82) is 0 Å². The molecule has 0 radical (unpaired) electrons. The molecule has 0 spiro atoms. The van der Waals surface area contributed by atoms with Crippen LogP contribution in [0.25, 0.3) is 0 Å². The fraction of sp³-hybridized carbons (Fsp3) is 0.333. The van der Waals surface area contributed by atoms with Crippen molar-refractivity contribution in [3.63, 3.8) is 0 Å². The second-order valence-electron chi connectivity index (χ2n) is 6.15. The van der Waals surface area contributed by atoms with E-state index in [0.29, 0.717) is 10.8 Å². The molecule has 0 aromatic heterocycles. The van der Waals surface area contributed by atoms with Gasteiger partial charge in [0.05, 0.1) is 12.1 Å². The third kappa shape index (κ3) is 4.15. The maximum atomic E-state index is 6.12. The van der Waals surface area contributed by atoms with E-state index < -0.39 is 0 Å². The molecule has 0 atom stereocenters. The van der Waals surface area contributed by atoms with E-state index in [1.807, 2.05) is 18.2 Å². The maximum absolute atomic E-state index is 6.12. The largest absolute Gasteiger partial charge is 0.495 e. The van der Waals surface area contributed by atoms with Crippen LogP contribution >= 0.6 is 11.6 Å². The van der Waals surface area contributed by atoms with Gasteiger partial charge in [0.25, 0.3) is 0 Å². The molecule has 2 aromatic carbocycles. The molecular formula is C18H22ClNO. The highest BCUT2D eigenvalue weighted by Gasteiger charge is 2.12. The Morgan fingerprint density at radius 1 is 1.05 bits per heavy atom. The van der Waals surface area contributed by atoms with Crippen LogP contribution in [0.15, 0.2) is 42.5 Å². The maximum Gasteiger partial charge on any atom is 0.137 e. The van der Waals surface area contributed by atoms with Gasteiger partial charge in [-0.05, 0) is 34.7 Å². The fourth-order valence-electron chi connectivity index (χ4n) is 2.10. The minimum atomic E-state index is 0.190. The van der Waals surface area contributed by atoms with Gasteiger partial charge in [0.15, 0.2) is 0 Å². The molecule has 0 bridgehead atoms. The van der Waals surface area contributed by atoms with Gasteiger partial charge < -0.3 is 10.1 Å². The van der Waals surface area contributed by atoms with E-state index in [1.54, 1.807) is 7.11 Å². The molecule has 0 aliphatic rings. The zero-order valence-corrected chi connectivity index (χ0v) is 13.8. The number of anilines is 1. The van der Waals surface area contributed by atoms with Crippen LogP contribution in [0.2, 0.25) is 5.02 Å². The van der Waals surface area contributed by atoms with Crippen molar-refractivity contribution in [1.82, 2.24) is 0 Å². The fourth-order valence-corrected chi connectivity index (χ4v) is 2.36. The lowest BCUT2D eigenvalue weighted by Gasteiger charge is -2.19. The number of halogens is 1. The molecule has 0 heterocycles. The van der Waals surface area contributed by atoms with Crippen LogP contribution in [0, 0.1) is 0 Å². The second kappa shape index (κ2) is 6.40. The monoisotopic (exact) mass is 303 g/mol. The summed E-state index contributed by atoms with van der Waals surface area (Å²) in [7, 11) is 1.62. The van der Waals surface area contributed by atoms with E-state index in [-0.39, 0.29) is 5.41 Å². The third-order valence-electron chi connectivity index (χ3n) is 3.47. The Labute approximate surface area is 132 Å². The average molecular weight is 304 g/mol. The van der Waals surface area contributed by atoms with Crippen LogP contribution in [-0.2, 0) is 12.0 Å². The summed E-state index contributed by atoms with van der Waals surface area (Å²) >= 11 is 6.12. The molecule has 21 heavy (non-hydrogen) atoms. The summed E-state index contributed by atoms with van der Waals surface area (Å²) in [5.74, 6) is 0.691. The van der Waals surface area contributed by atoms with Crippen molar-refractivity contribution in [3.05, 3.63) is 58.6 Å². The highest BCUT2D eigenvalue weighted by atomic mass is 35.5. The molecule has 0 aliphatic carbocycles. The quantitative estimate of drug-likeness (QED) is 0.832. The first-order valence-electron chi connectivity index (χ1n) is 7.07. The number of hydrogen-bond acceptors (Lipinski definition) is 2. The first-order valence-corrected chi connectivity index (χ1v) is 7.45. The molecule has 0 unspecified atom stereocenters. The Morgan fingerprint density at radius 2 is 1.71 bits per heavy atom. The Kier molecular flexibility index (Phi) is 4.79. The lowest BCUT2D eigenvalue weighted by atomic mass is 9.87. The predicted molar refractivity (Wildman–Crippen MR) is 90.5 cm³/mol. The van der Waals surface area contributed by atoms with Gasteiger partial charge >= 0.3 is 0 Å². The Balaban J connectivity index is 2.01. The Hall–Kier alpha value is -1.67. The summed E-state index contributed by atoms with van der Waals surface area (Å²) in [6, 6.07) is 14.4. The van der Waals surface area contributed by atoms with Crippen molar-refractivity contribution in [2.75, 3.05) is 12.4 Å². The molecule has 0 saturated heterocycles. The van der Waals surface area contributed by atoms with Gasteiger partial charge in [0.1, 0.15) is 5.75 Å². The van der Waals surface area contributed by atoms with Crippen LogP contribution in [0.1, 0.15) is 31.9 Å². The molecule has 3 heteroatoms. The number of hydrogen-bond donors (Lipinski definition) is 1. The number of rotatable bonds is 4. The second-order valence-corrected chi connectivity index (χ2v) is 6.56. The summed E-state index contributed by atoms with van der Waals surface area (Å²) in [5.41, 5.74) is 3.77. The molecule has 0 saturated carbocycles. The van der Waals surface area contributed by atoms with Crippen molar-refractivity contribution >= 4 is 17.3 Å². The van der Waals surface area contributed by atoms with Gasteiger partial charge in [-0.15, -0.1) is 0 Å². The molecule has 1 N–H and O–H groups in total. The zero-order chi connectivity index (χ0) is 15.5. The molecule has 2 aromatic rings. The third-order valence-corrected chi connectivity index (χ3v) is 3.76. The summed E-state index contributed by atoms with van der Waals surface area (Å²) in [6.07, 6.45) is 0. The van der Waals surface area contributed by atoms with Gasteiger partial charge in [-0.2, -0.15) is 0 Å². The molecule has 0 amide bonds. The van der Waals surface area contributed by atoms with Crippen molar-refractivity contribution < 1.29 is 4.74 Å². The minimum absolute atomic E-state index is 0.190. The van der Waals surface area contributed by atoms with Gasteiger partial charge in [-0.3, -0.25) is 0 Å². The van der Waals surface area contributed by atoms with E-state index >= 15 is 0 Å². The summed E-state index contributed by atoms with van der Waals surface area (Å²) in [5, 5.41) is 3.99. The average Bonchev–Trinajstić information content (AvgIpc) is 2.45. The SMILES string of the molecule is COc1ccc(NCc2ccc(C(C)(C)C)cc2)cc1Cl. The smallest absolute Gasteiger partial charge is 0.137 e. The van der Waals surface area contributed by atoms with Gasteiger partial charge in [0, 0.05) is 12.2 Å². The first-order chi connectivity index (χ1) is 9.90. The molecule has 0 aliphatic heterocycles. The van der Waals surface area contributed by atoms with Crippen LogP contribution < -0.4 is 10.1 Å². The van der Waals surface area contributed by atoms with E-state index in [2.05, 4.69) is 50.4 Å². The number of methoxy groups -OCH3 is 1. The van der Waals surface area contributed by atoms with E-state index in [4.69, 9.17) is 16.3 Å². The van der Waals surface area contributed by atoms with Crippen molar-refractivity contribution in [3.8, 4) is 5.75 Å². The van der Waals surface area contributed by atoms with Crippen molar-refractivity contribution in [2.24, 2.45) is 0 Å². The Bertz CT molecular complexity index is 600. The number of ether oxygens (including phenoxy) is 1. The summed E-state index contributed by atoms with van der Waals surface area (Å²) < 4.78 is 5.15. The van der Waals surface area contributed by atoms with E-state index in [0.717, 1.165) is 12.2 Å². The normalized spacial score (nSPS) is 11.3. The lowest BCUT2D eigenvalue weighted by molar-refractivity contribution is 0.415. The topological polar surface area (TPSA) is 21.3 Å². The van der Waals surface area contributed by atoms with E-state index in [9.17, 15) is 0 Å². The molecular weight excluding hydrogens is 282 g/mol. The van der Waals surface area contributed by atoms with Crippen LogP contribution in [0.3, 0.4) is 0 Å². The predicted octanol–water partition coefficient (Wildman–Crippen LogP) is 5.26. The number of nitrogens with one attached hydrogen (secondary N) is 1.